The molecule has 0 radical (unpaired) electrons. The molecule has 1 atom stereocenters. The molecule has 2 N–H and O–H groups in total. The largest absolute Gasteiger partial charge is 0.357 e. The third-order valence-electron chi connectivity index (χ3n) is 6.26. The lowest BCUT2D eigenvalue weighted by molar-refractivity contribution is -0.131. The van der Waals surface area contributed by atoms with Crippen LogP contribution in [0, 0.1) is 0 Å². The standard InChI is InChI=1S/C23H40N8O.HI/c1-3-24-22(25-12-7-15-29-14-5-4-8-20(29)2)26-13-9-21(32)30-16-18-31(19-17-30)23-27-10-6-11-28-23;/h6,10-11,20H,3-5,7-9,12-19H2,1-2H3,(H2,24,25,26);1H. The normalized spacial score (nSPS) is 19.7. The van der Waals surface area contributed by atoms with E-state index < -0.39 is 0 Å². The number of amides is 1. The summed E-state index contributed by atoms with van der Waals surface area (Å²) in [4.78, 5) is 32.6. The number of likely N-dealkylation sites (tertiary alicyclic amines) is 1. The van der Waals surface area contributed by atoms with Crippen molar-refractivity contribution >= 4 is 41.8 Å². The molecule has 0 aliphatic carbocycles. The van der Waals surface area contributed by atoms with E-state index in [1.807, 2.05) is 11.0 Å². The topological polar surface area (TPSA) is 89.0 Å². The lowest BCUT2D eigenvalue weighted by atomic mass is 10.0. The Hall–Kier alpha value is -1.69. The molecule has 33 heavy (non-hydrogen) atoms. The van der Waals surface area contributed by atoms with Crippen LogP contribution in [-0.4, -0.2) is 96.6 Å². The fourth-order valence-corrected chi connectivity index (χ4v) is 4.35. The average molecular weight is 573 g/mol. The first kappa shape index (κ1) is 27.6. The number of halogens is 1. The maximum Gasteiger partial charge on any atom is 0.225 e. The van der Waals surface area contributed by atoms with Crippen LogP contribution in [0.25, 0.3) is 0 Å². The summed E-state index contributed by atoms with van der Waals surface area (Å²) in [5.74, 6) is 1.72. The number of nitrogens with one attached hydrogen (secondary N) is 2. The van der Waals surface area contributed by atoms with Crippen molar-refractivity contribution in [1.82, 2.24) is 30.4 Å². The molecule has 2 aliphatic heterocycles. The highest BCUT2D eigenvalue weighted by atomic mass is 127. The van der Waals surface area contributed by atoms with Crippen LogP contribution < -0.4 is 15.5 Å². The highest BCUT2D eigenvalue weighted by Gasteiger charge is 2.22. The summed E-state index contributed by atoms with van der Waals surface area (Å²) in [6, 6.07) is 2.52. The number of hydrogen-bond acceptors (Lipinski definition) is 6. The molecular formula is C23H41IN8O. The summed E-state index contributed by atoms with van der Waals surface area (Å²) in [7, 11) is 0. The Labute approximate surface area is 215 Å². The van der Waals surface area contributed by atoms with E-state index in [2.05, 4.69) is 44.2 Å². The van der Waals surface area contributed by atoms with Crippen LogP contribution in [0.5, 0.6) is 0 Å². The summed E-state index contributed by atoms with van der Waals surface area (Å²) < 4.78 is 0. The summed E-state index contributed by atoms with van der Waals surface area (Å²) in [6.45, 7) is 11.9. The van der Waals surface area contributed by atoms with Gasteiger partial charge in [-0.3, -0.25) is 9.79 Å². The first-order chi connectivity index (χ1) is 15.7. The Kier molecular flexibility index (Phi) is 12.7. The predicted molar refractivity (Wildman–Crippen MR) is 144 cm³/mol. The van der Waals surface area contributed by atoms with E-state index in [4.69, 9.17) is 4.99 Å². The molecule has 0 saturated carbocycles. The second-order valence-corrected chi connectivity index (χ2v) is 8.59. The lowest BCUT2D eigenvalue weighted by Crippen LogP contribution is -2.50. The molecular weight excluding hydrogens is 531 g/mol. The Bertz CT molecular complexity index is 712. The van der Waals surface area contributed by atoms with Gasteiger partial charge in [-0.15, -0.1) is 24.0 Å². The number of guanidine groups is 1. The van der Waals surface area contributed by atoms with Crippen molar-refractivity contribution in [3.63, 3.8) is 0 Å². The second kappa shape index (κ2) is 15.3. The van der Waals surface area contributed by atoms with Crippen LogP contribution in [-0.2, 0) is 4.79 Å². The van der Waals surface area contributed by atoms with Gasteiger partial charge in [-0.1, -0.05) is 6.42 Å². The van der Waals surface area contributed by atoms with Crippen molar-refractivity contribution in [2.24, 2.45) is 4.99 Å². The van der Waals surface area contributed by atoms with Gasteiger partial charge in [-0.05, 0) is 45.7 Å². The molecule has 0 bridgehead atoms. The van der Waals surface area contributed by atoms with E-state index in [-0.39, 0.29) is 29.9 Å². The molecule has 0 aromatic carbocycles. The highest BCUT2D eigenvalue weighted by molar-refractivity contribution is 14.0. The number of hydrogen-bond donors (Lipinski definition) is 2. The second-order valence-electron chi connectivity index (χ2n) is 8.59. The number of piperazine rings is 1. The number of aromatic nitrogens is 2. The SMILES string of the molecule is CCNC(=NCCCN1CCCCC1C)NCCC(=O)N1CCN(c2ncccn2)CC1.I. The zero-order valence-corrected chi connectivity index (χ0v) is 22.5. The average Bonchev–Trinajstić information content (AvgIpc) is 2.83. The fourth-order valence-electron chi connectivity index (χ4n) is 4.35. The van der Waals surface area contributed by atoms with Gasteiger partial charge in [-0.2, -0.15) is 0 Å². The number of anilines is 1. The van der Waals surface area contributed by atoms with Gasteiger partial charge in [0, 0.05) is 77.2 Å². The first-order valence-corrected chi connectivity index (χ1v) is 12.2. The van der Waals surface area contributed by atoms with Gasteiger partial charge in [0.05, 0.1) is 0 Å². The Morgan fingerprint density at radius 3 is 2.58 bits per heavy atom. The molecule has 1 unspecified atom stereocenters. The molecule has 1 amide bonds. The maximum absolute atomic E-state index is 12.6. The van der Waals surface area contributed by atoms with Crippen molar-refractivity contribution in [3.8, 4) is 0 Å². The summed E-state index contributed by atoms with van der Waals surface area (Å²) in [6.07, 6.45) is 9.04. The molecule has 3 rings (SSSR count). The molecule has 0 spiro atoms. The minimum atomic E-state index is 0. The molecule has 2 fully saturated rings. The highest BCUT2D eigenvalue weighted by Crippen LogP contribution is 2.16. The fraction of sp³-hybridized carbons (Fsp3) is 0.739. The molecule has 186 valence electrons. The third-order valence-corrected chi connectivity index (χ3v) is 6.26. The van der Waals surface area contributed by atoms with Gasteiger partial charge in [-0.25, -0.2) is 9.97 Å². The third kappa shape index (κ3) is 9.23. The number of aliphatic imine (C=N–C) groups is 1. The summed E-state index contributed by atoms with van der Waals surface area (Å²) >= 11 is 0. The van der Waals surface area contributed by atoms with E-state index >= 15 is 0 Å². The van der Waals surface area contributed by atoms with Crippen LogP contribution in [0.2, 0.25) is 0 Å². The van der Waals surface area contributed by atoms with Crippen molar-refractivity contribution in [1.29, 1.82) is 0 Å². The number of nitrogens with zero attached hydrogens (tertiary/aromatic N) is 6. The monoisotopic (exact) mass is 572 g/mol. The van der Waals surface area contributed by atoms with E-state index in [1.165, 1.54) is 25.8 Å². The van der Waals surface area contributed by atoms with Gasteiger partial charge >= 0.3 is 0 Å². The molecule has 2 aliphatic rings. The van der Waals surface area contributed by atoms with Crippen molar-refractivity contribution < 1.29 is 4.79 Å². The Morgan fingerprint density at radius 1 is 1.12 bits per heavy atom. The van der Waals surface area contributed by atoms with E-state index in [1.54, 1.807) is 12.4 Å². The molecule has 9 nitrogen and oxygen atoms in total. The lowest BCUT2D eigenvalue weighted by Gasteiger charge is -2.34. The first-order valence-electron chi connectivity index (χ1n) is 12.2. The van der Waals surface area contributed by atoms with E-state index in [0.717, 1.165) is 51.1 Å². The molecule has 10 heteroatoms. The number of rotatable bonds is 9. The Morgan fingerprint density at radius 2 is 1.88 bits per heavy atom. The number of carbonyl (C=O) groups excluding carboxylic acids is 1. The van der Waals surface area contributed by atoms with Gasteiger partial charge in [0.1, 0.15) is 0 Å². The van der Waals surface area contributed by atoms with Crippen LogP contribution >= 0.6 is 24.0 Å². The van der Waals surface area contributed by atoms with Crippen molar-refractivity contribution in [2.75, 3.05) is 63.8 Å². The van der Waals surface area contributed by atoms with Crippen LogP contribution in [0.4, 0.5) is 5.95 Å². The molecule has 2 saturated heterocycles. The van der Waals surface area contributed by atoms with Gasteiger partial charge in [0.2, 0.25) is 11.9 Å². The van der Waals surface area contributed by atoms with Gasteiger partial charge in [0.15, 0.2) is 5.96 Å². The van der Waals surface area contributed by atoms with Gasteiger partial charge < -0.3 is 25.3 Å². The summed E-state index contributed by atoms with van der Waals surface area (Å²) in [5, 5.41) is 6.61. The van der Waals surface area contributed by atoms with E-state index in [0.29, 0.717) is 32.1 Å². The minimum absolute atomic E-state index is 0. The predicted octanol–water partition coefficient (Wildman–Crippen LogP) is 1.95. The number of carbonyl (C=O) groups is 1. The quantitative estimate of drug-likeness (QED) is 0.203. The van der Waals surface area contributed by atoms with E-state index in [9.17, 15) is 4.79 Å². The smallest absolute Gasteiger partial charge is 0.225 e. The number of piperidine rings is 1. The van der Waals surface area contributed by atoms with Gasteiger partial charge in [0.25, 0.3) is 0 Å². The van der Waals surface area contributed by atoms with Crippen LogP contribution in [0.1, 0.15) is 46.0 Å². The molecule has 1 aromatic rings. The zero-order valence-electron chi connectivity index (χ0n) is 20.2. The maximum atomic E-state index is 12.6. The van der Waals surface area contributed by atoms with Crippen molar-refractivity contribution in [3.05, 3.63) is 18.5 Å². The molecule has 3 heterocycles. The van der Waals surface area contributed by atoms with Crippen molar-refractivity contribution in [2.45, 2.75) is 52.0 Å². The minimum Gasteiger partial charge on any atom is -0.357 e. The van der Waals surface area contributed by atoms with Crippen LogP contribution in [0.15, 0.2) is 23.5 Å². The Balaban J connectivity index is 0.00000385. The van der Waals surface area contributed by atoms with Crippen LogP contribution in [0.3, 0.4) is 0 Å². The summed E-state index contributed by atoms with van der Waals surface area (Å²) in [5.41, 5.74) is 0. The molecule has 1 aromatic heterocycles. The zero-order chi connectivity index (χ0) is 22.6.